The van der Waals surface area contributed by atoms with Gasteiger partial charge in [0.05, 0.1) is 0 Å². The second kappa shape index (κ2) is 6.76. The Labute approximate surface area is 146 Å². The van der Waals surface area contributed by atoms with Crippen molar-refractivity contribution in [2.24, 2.45) is 0 Å². The average molecular weight is 356 g/mol. The largest absolute Gasteiger partial charge is 0.471 e. The molecule has 4 nitrogen and oxygen atoms in total. The van der Waals surface area contributed by atoms with Crippen LogP contribution >= 0.6 is 0 Å². The maximum atomic E-state index is 12.6. The lowest BCUT2D eigenvalue weighted by Crippen LogP contribution is -2.30. The van der Waals surface area contributed by atoms with Gasteiger partial charge in [-0.1, -0.05) is 60.7 Å². The number of furan rings is 1. The Balaban J connectivity index is 2.21. The van der Waals surface area contributed by atoms with Crippen molar-refractivity contribution in [1.82, 2.24) is 0 Å². The smallest absolute Gasteiger partial charge is 0.438 e. The van der Waals surface area contributed by atoms with Gasteiger partial charge in [-0.3, -0.25) is 10.1 Å². The molecular weight excluding hydrogens is 345 g/mol. The van der Waals surface area contributed by atoms with Crippen LogP contribution in [0.4, 0.5) is 19.1 Å². The quantitative estimate of drug-likeness (QED) is 0.719. The van der Waals surface area contributed by atoms with E-state index in [0.29, 0.717) is 16.7 Å². The first-order valence-corrected chi connectivity index (χ1v) is 7.47. The second-order valence-electron chi connectivity index (χ2n) is 5.31. The Bertz CT molecular complexity index is 972. The van der Waals surface area contributed by atoms with Gasteiger partial charge < -0.3 is 4.42 Å². The van der Waals surface area contributed by atoms with E-state index in [1.165, 1.54) is 0 Å². The van der Waals surface area contributed by atoms with Crippen molar-refractivity contribution in [3.05, 3.63) is 66.2 Å². The fourth-order valence-electron chi connectivity index (χ4n) is 2.47. The van der Waals surface area contributed by atoms with Crippen molar-refractivity contribution >= 4 is 11.8 Å². The molecule has 0 radical (unpaired) electrons. The Morgan fingerprint density at radius 3 is 2.00 bits per heavy atom. The molecule has 130 valence electrons. The van der Waals surface area contributed by atoms with Crippen LogP contribution in [0.3, 0.4) is 0 Å². The summed E-state index contributed by atoms with van der Waals surface area (Å²) in [6.07, 6.45) is -5.10. The van der Waals surface area contributed by atoms with Gasteiger partial charge in [-0.25, -0.2) is 0 Å². The molecule has 0 bridgehead atoms. The number of benzene rings is 2. The van der Waals surface area contributed by atoms with Crippen LogP contribution in [0, 0.1) is 11.3 Å². The van der Waals surface area contributed by atoms with E-state index < -0.39 is 18.0 Å². The van der Waals surface area contributed by atoms with Gasteiger partial charge in [-0.2, -0.15) is 18.4 Å². The molecule has 2 aromatic carbocycles. The molecule has 0 fully saturated rings. The molecule has 1 aromatic heterocycles. The zero-order chi connectivity index (χ0) is 18.7. The third-order valence-corrected chi connectivity index (χ3v) is 3.60. The maximum absolute atomic E-state index is 12.6. The summed E-state index contributed by atoms with van der Waals surface area (Å²) in [7, 11) is 0. The van der Waals surface area contributed by atoms with Crippen LogP contribution in [0.5, 0.6) is 0 Å². The van der Waals surface area contributed by atoms with E-state index in [2.05, 4.69) is 0 Å². The monoisotopic (exact) mass is 356 g/mol. The van der Waals surface area contributed by atoms with Gasteiger partial charge in [0.25, 0.3) is 0 Å². The van der Waals surface area contributed by atoms with Crippen molar-refractivity contribution < 1.29 is 22.4 Å². The molecule has 0 spiro atoms. The van der Waals surface area contributed by atoms with E-state index in [9.17, 15) is 23.2 Å². The Kier molecular flexibility index (Phi) is 4.50. The summed E-state index contributed by atoms with van der Waals surface area (Å²) in [6.45, 7) is 0. The Hall–Kier alpha value is -3.53. The molecule has 0 saturated heterocycles. The van der Waals surface area contributed by atoms with Gasteiger partial charge in [-0.15, -0.1) is 0 Å². The van der Waals surface area contributed by atoms with Crippen molar-refractivity contribution in [3.8, 4) is 28.5 Å². The van der Waals surface area contributed by atoms with Gasteiger partial charge in [0.2, 0.25) is 5.88 Å². The second-order valence-corrected chi connectivity index (χ2v) is 5.31. The lowest BCUT2D eigenvalue weighted by molar-refractivity contribution is -0.167. The lowest BCUT2D eigenvalue weighted by atomic mass is 9.98. The zero-order valence-electron chi connectivity index (χ0n) is 13.2. The number of halogens is 3. The van der Waals surface area contributed by atoms with E-state index in [1.54, 1.807) is 66.0 Å². The number of amides is 1. The summed E-state index contributed by atoms with van der Waals surface area (Å²) in [5, 5.41) is 11.1. The highest BCUT2D eigenvalue weighted by molar-refractivity contribution is 5.98. The van der Waals surface area contributed by atoms with Gasteiger partial charge in [0.15, 0.2) is 0 Å². The maximum Gasteiger partial charge on any atom is 0.471 e. The van der Waals surface area contributed by atoms with Crippen molar-refractivity contribution in [2.45, 2.75) is 6.18 Å². The summed E-state index contributed by atoms with van der Waals surface area (Å²) in [5.41, 5.74) is 1.29. The third kappa shape index (κ3) is 3.30. The molecule has 3 rings (SSSR count). The van der Waals surface area contributed by atoms with E-state index in [-0.39, 0.29) is 11.3 Å². The summed E-state index contributed by atoms with van der Waals surface area (Å²) in [6, 6.07) is 19.1. The zero-order valence-corrected chi connectivity index (χ0v) is 13.2. The number of nitrogens with zero attached hydrogens (tertiary/aromatic N) is 1. The summed E-state index contributed by atoms with van der Waals surface area (Å²) in [4.78, 5) is 11.3. The van der Waals surface area contributed by atoms with Crippen LogP contribution in [-0.2, 0) is 4.79 Å². The third-order valence-electron chi connectivity index (χ3n) is 3.60. The lowest BCUT2D eigenvalue weighted by Gasteiger charge is -2.05. The normalized spacial score (nSPS) is 11.0. The standard InChI is InChI=1S/C19H11F3N2O2/c20-19(21,22)18(25)24-17-14(11-23)15(12-7-3-1-4-8-12)16(26-17)13-9-5-2-6-10-13/h1-10H,(H,24,25). The van der Waals surface area contributed by atoms with Crippen LogP contribution in [0.1, 0.15) is 5.56 Å². The number of hydrogen-bond acceptors (Lipinski definition) is 3. The van der Waals surface area contributed by atoms with Gasteiger partial charge in [0, 0.05) is 11.1 Å². The Morgan fingerprint density at radius 1 is 0.962 bits per heavy atom. The minimum absolute atomic E-state index is 0.173. The fraction of sp³-hybridized carbons (Fsp3) is 0.0526. The predicted octanol–water partition coefficient (Wildman–Crippen LogP) is 4.99. The first-order valence-electron chi connectivity index (χ1n) is 7.47. The molecule has 3 aromatic rings. The molecule has 0 aliphatic heterocycles. The molecule has 0 unspecified atom stereocenters. The van der Waals surface area contributed by atoms with E-state index in [0.717, 1.165) is 0 Å². The highest BCUT2D eigenvalue weighted by atomic mass is 19.4. The molecule has 7 heteroatoms. The fourth-order valence-corrected chi connectivity index (χ4v) is 2.47. The number of hydrogen-bond donors (Lipinski definition) is 1. The van der Waals surface area contributed by atoms with Gasteiger partial charge in [-0.05, 0) is 5.56 Å². The van der Waals surface area contributed by atoms with E-state index in [1.807, 2.05) is 6.07 Å². The van der Waals surface area contributed by atoms with Crippen LogP contribution in [-0.4, -0.2) is 12.1 Å². The van der Waals surface area contributed by atoms with Crippen LogP contribution in [0.25, 0.3) is 22.5 Å². The number of nitriles is 1. The molecule has 1 amide bonds. The Morgan fingerprint density at radius 2 is 1.50 bits per heavy atom. The van der Waals surface area contributed by atoms with Crippen molar-refractivity contribution in [2.75, 3.05) is 5.32 Å². The first kappa shape index (κ1) is 17.3. The molecule has 1 heterocycles. The minimum atomic E-state index is -5.10. The number of anilines is 1. The minimum Gasteiger partial charge on any atom is -0.438 e. The number of carbonyl (C=O) groups is 1. The molecule has 1 N–H and O–H groups in total. The van der Waals surface area contributed by atoms with Crippen LogP contribution in [0.15, 0.2) is 65.1 Å². The van der Waals surface area contributed by atoms with Crippen molar-refractivity contribution in [3.63, 3.8) is 0 Å². The first-order chi connectivity index (χ1) is 12.4. The summed E-state index contributed by atoms with van der Waals surface area (Å²) >= 11 is 0. The number of rotatable bonds is 3. The average Bonchev–Trinajstić information content (AvgIpc) is 3.00. The SMILES string of the molecule is N#Cc1c(NC(=O)C(F)(F)F)oc(-c2ccccc2)c1-c1ccccc1. The predicted molar refractivity (Wildman–Crippen MR) is 89.0 cm³/mol. The van der Waals surface area contributed by atoms with Crippen LogP contribution in [0.2, 0.25) is 0 Å². The summed E-state index contributed by atoms with van der Waals surface area (Å²) < 4.78 is 43.2. The molecule has 0 atom stereocenters. The van der Waals surface area contributed by atoms with Crippen LogP contribution < -0.4 is 5.32 Å². The topological polar surface area (TPSA) is 66.0 Å². The highest BCUT2D eigenvalue weighted by Gasteiger charge is 2.40. The molecule has 0 aliphatic rings. The highest BCUT2D eigenvalue weighted by Crippen LogP contribution is 2.41. The molecule has 0 aliphatic carbocycles. The molecule has 26 heavy (non-hydrogen) atoms. The number of carbonyl (C=O) groups excluding carboxylic acids is 1. The summed E-state index contributed by atoms with van der Waals surface area (Å²) in [5.74, 6) is -2.54. The number of alkyl halides is 3. The van der Waals surface area contributed by atoms with Gasteiger partial charge >= 0.3 is 12.1 Å². The number of nitrogens with one attached hydrogen (secondary N) is 1. The van der Waals surface area contributed by atoms with Gasteiger partial charge in [0.1, 0.15) is 17.4 Å². The molecular formula is C19H11F3N2O2. The molecule has 0 saturated carbocycles. The van der Waals surface area contributed by atoms with E-state index in [4.69, 9.17) is 4.42 Å². The van der Waals surface area contributed by atoms with E-state index >= 15 is 0 Å². The van der Waals surface area contributed by atoms with Crippen molar-refractivity contribution in [1.29, 1.82) is 5.26 Å².